The van der Waals surface area contributed by atoms with Gasteiger partial charge in [0, 0.05) is 31.0 Å². The minimum absolute atomic E-state index is 0.214. The Labute approximate surface area is 112 Å². The lowest BCUT2D eigenvalue weighted by Crippen LogP contribution is -2.29. The molecule has 0 saturated carbocycles. The first-order valence-electron chi connectivity index (χ1n) is 6.46. The van der Waals surface area contributed by atoms with Crippen molar-refractivity contribution in [2.24, 2.45) is 10.7 Å². The minimum Gasteiger partial charge on any atom is -0.370 e. The van der Waals surface area contributed by atoms with Crippen LogP contribution < -0.4 is 11.1 Å². The summed E-state index contributed by atoms with van der Waals surface area (Å²) < 4.78 is 2.17. The maximum absolute atomic E-state index is 5.94. The van der Waals surface area contributed by atoms with Gasteiger partial charge in [-0.25, -0.2) is 9.98 Å². The molecule has 1 aromatic carbocycles. The highest BCUT2D eigenvalue weighted by atomic mass is 15.1. The summed E-state index contributed by atoms with van der Waals surface area (Å²) in [6.07, 6.45) is 5.71. The van der Waals surface area contributed by atoms with E-state index in [4.69, 9.17) is 5.73 Å². The predicted molar refractivity (Wildman–Crippen MR) is 76.0 cm³/mol. The molecule has 1 aliphatic rings. The molecule has 3 rings (SSSR count). The van der Waals surface area contributed by atoms with Crippen LogP contribution in [0, 0.1) is 0 Å². The van der Waals surface area contributed by atoms with Crippen molar-refractivity contribution in [1.29, 1.82) is 0 Å². The van der Waals surface area contributed by atoms with Crippen LogP contribution >= 0.6 is 0 Å². The van der Waals surface area contributed by atoms with Gasteiger partial charge >= 0.3 is 0 Å². The van der Waals surface area contributed by atoms with Crippen LogP contribution in [0.4, 0.5) is 5.69 Å². The fourth-order valence-electron chi connectivity index (χ4n) is 2.34. The zero-order chi connectivity index (χ0) is 13.1. The smallest absolute Gasteiger partial charge is 0.193 e. The number of nitrogens with one attached hydrogen (secondary N) is 1. The van der Waals surface area contributed by atoms with Crippen LogP contribution in [0.3, 0.4) is 0 Å². The first-order chi connectivity index (χ1) is 9.31. The van der Waals surface area contributed by atoms with Crippen molar-refractivity contribution in [3.63, 3.8) is 0 Å². The van der Waals surface area contributed by atoms with Gasteiger partial charge in [-0.1, -0.05) is 18.2 Å². The van der Waals surface area contributed by atoms with E-state index in [0.29, 0.717) is 5.96 Å². The first kappa shape index (κ1) is 11.8. The van der Waals surface area contributed by atoms with Gasteiger partial charge in [0.25, 0.3) is 0 Å². The Balaban J connectivity index is 1.66. The summed E-state index contributed by atoms with van der Waals surface area (Å²) in [5, 5.41) is 3.11. The first-order valence-corrected chi connectivity index (χ1v) is 6.46. The molecule has 5 heteroatoms. The lowest BCUT2D eigenvalue weighted by Gasteiger charge is -2.20. The zero-order valence-corrected chi connectivity index (χ0v) is 10.7. The van der Waals surface area contributed by atoms with Crippen LogP contribution in [-0.2, 0) is 13.0 Å². The number of aromatic nitrogens is 2. The van der Waals surface area contributed by atoms with Gasteiger partial charge < -0.3 is 15.6 Å². The van der Waals surface area contributed by atoms with Crippen LogP contribution in [0.1, 0.15) is 12.2 Å². The number of fused-ring (bicyclic) bond motifs is 1. The van der Waals surface area contributed by atoms with Gasteiger partial charge in [0.15, 0.2) is 5.96 Å². The molecule has 0 radical (unpaired) electrons. The molecule has 1 unspecified atom stereocenters. The van der Waals surface area contributed by atoms with Crippen LogP contribution in [-0.4, -0.2) is 21.6 Å². The SMILES string of the molecule is NC(=NC1CCn2ccnc2C1)Nc1ccccc1. The third kappa shape index (κ3) is 2.76. The predicted octanol–water partition coefficient (Wildman–Crippen LogP) is 1.62. The van der Waals surface area contributed by atoms with E-state index in [1.807, 2.05) is 42.7 Å². The zero-order valence-electron chi connectivity index (χ0n) is 10.7. The van der Waals surface area contributed by atoms with E-state index < -0.39 is 0 Å². The Morgan fingerprint density at radius 2 is 2.21 bits per heavy atom. The number of hydrogen-bond acceptors (Lipinski definition) is 2. The Morgan fingerprint density at radius 3 is 3.05 bits per heavy atom. The van der Waals surface area contributed by atoms with Crippen molar-refractivity contribution < 1.29 is 0 Å². The highest BCUT2D eigenvalue weighted by Crippen LogP contribution is 2.16. The normalized spacial score (nSPS) is 18.9. The molecule has 0 aliphatic carbocycles. The fraction of sp³-hybridized carbons (Fsp3) is 0.286. The van der Waals surface area contributed by atoms with Gasteiger partial charge in [-0.05, 0) is 18.6 Å². The molecular formula is C14H17N5. The van der Waals surface area contributed by atoms with Crippen molar-refractivity contribution in [2.75, 3.05) is 5.32 Å². The highest BCUT2D eigenvalue weighted by Gasteiger charge is 2.18. The van der Waals surface area contributed by atoms with Gasteiger partial charge in [0.2, 0.25) is 0 Å². The summed E-state index contributed by atoms with van der Waals surface area (Å²) in [5.74, 6) is 1.56. The molecule has 0 fully saturated rings. The number of benzene rings is 1. The van der Waals surface area contributed by atoms with Gasteiger partial charge in [-0.3, -0.25) is 0 Å². The average Bonchev–Trinajstić information content (AvgIpc) is 2.87. The summed E-state index contributed by atoms with van der Waals surface area (Å²) in [4.78, 5) is 8.87. The summed E-state index contributed by atoms with van der Waals surface area (Å²) >= 11 is 0. The van der Waals surface area contributed by atoms with Crippen molar-refractivity contribution in [1.82, 2.24) is 9.55 Å². The molecule has 2 heterocycles. The minimum atomic E-state index is 0.214. The number of nitrogens with two attached hydrogens (primary N) is 1. The van der Waals surface area contributed by atoms with Crippen molar-refractivity contribution in [3.05, 3.63) is 48.5 Å². The fourth-order valence-corrected chi connectivity index (χ4v) is 2.34. The summed E-state index contributed by atoms with van der Waals surface area (Å²) in [7, 11) is 0. The van der Waals surface area contributed by atoms with Gasteiger partial charge in [-0.15, -0.1) is 0 Å². The standard InChI is InChI=1S/C14H17N5/c15-14(17-11-4-2-1-3-5-11)18-12-6-8-19-9-7-16-13(19)10-12/h1-5,7,9,12H,6,8,10H2,(H3,15,17,18). The second-order valence-corrected chi connectivity index (χ2v) is 4.69. The van der Waals surface area contributed by atoms with E-state index in [9.17, 15) is 0 Å². The number of nitrogens with zero attached hydrogens (tertiary/aromatic N) is 3. The Morgan fingerprint density at radius 1 is 1.37 bits per heavy atom. The van der Waals surface area contributed by atoms with Crippen molar-refractivity contribution >= 4 is 11.6 Å². The quantitative estimate of drug-likeness (QED) is 0.633. The number of guanidine groups is 1. The molecule has 2 aromatic rings. The number of aliphatic imine (C=N–C) groups is 1. The number of aryl methyl sites for hydroxylation is 1. The van der Waals surface area contributed by atoms with Crippen LogP contribution in [0.2, 0.25) is 0 Å². The molecule has 1 atom stereocenters. The molecule has 0 saturated heterocycles. The maximum Gasteiger partial charge on any atom is 0.193 e. The molecule has 1 aromatic heterocycles. The molecule has 5 nitrogen and oxygen atoms in total. The number of imidazole rings is 1. The third-order valence-corrected chi connectivity index (χ3v) is 3.29. The number of rotatable bonds is 2. The topological polar surface area (TPSA) is 68.2 Å². The Bertz CT molecular complexity index is 573. The molecule has 0 spiro atoms. The largest absolute Gasteiger partial charge is 0.370 e. The van der Waals surface area contributed by atoms with Crippen LogP contribution in [0.5, 0.6) is 0 Å². The van der Waals surface area contributed by atoms with E-state index in [1.54, 1.807) is 0 Å². The summed E-state index contributed by atoms with van der Waals surface area (Å²) in [6, 6.07) is 10.1. The number of hydrogen-bond donors (Lipinski definition) is 2. The number of anilines is 1. The number of para-hydroxylation sites is 1. The third-order valence-electron chi connectivity index (χ3n) is 3.29. The molecule has 1 aliphatic heterocycles. The highest BCUT2D eigenvalue weighted by molar-refractivity contribution is 5.92. The molecular weight excluding hydrogens is 238 g/mol. The van der Waals surface area contributed by atoms with Gasteiger partial charge in [-0.2, -0.15) is 0 Å². The van der Waals surface area contributed by atoms with Gasteiger partial charge in [0.05, 0.1) is 6.04 Å². The van der Waals surface area contributed by atoms with Gasteiger partial charge in [0.1, 0.15) is 5.82 Å². The Kier molecular flexibility index (Phi) is 3.18. The van der Waals surface area contributed by atoms with Crippen molar-refractivity contribution in [2.45, 2.75) is 25.4 Å². The molecule has 19 heavy (non-hydrogen) atoms. The lowest BCUT2D eigenvalue weighted by molar-refractivity contribution is 0.465. The maximum atomic E-state index is 5.94. The van der Waals surface area contributed by atoms with E-state index in [0.717, 1.165) is 30.9 Å². The Hall–Kier alpha value is -2.30. The van der Waals surface area contributed by atoms with E-state index in [1.165, 1.54) is 0 Å². The second-order valence-electron chi connectivity index (χ2n) is 4.69. The van der Waals surface area contributed by atoms with Crippen LogP contribution in [0.15, 0.2) is 47.7 Å². The monoisotopic (exact) mass is 255 g/mol. The van der Waals surface area contributed by atoms with Crippen LogP contribution in [0.25, 0.3) is 0 Å². The molecule has 98 valence electrons. The molecule has 3 N–H and O–H groups in total. The second kappa shape index (κ2) is 5.14. The molecule has 0 bridgehead atoms. The average molecular weight is 255 g/mol. The molecule has 0 amide bonds. The van der Waals surface area contributed by atoms with E-state index >= 15 is 0 Å². The lowest BCUT2D eigenvalue weighted by atomic mass is 10.1. The van der Waals surface area contributed by atoms with E-state index in [2.05, 4.69) is 19.9 Å². The summed E-state index contributed by atoms with van der Waals surface area (Å²) in [5.41, 5.74) is 6.90. The summed E-state index contributed by atoms with van der Waals surface area (Å²) in [6.45, 7) is 0.960. The van der Waals surface area contributed by atoms with E-state index in [-0.39, 0.29) is 6.04 Å². The van der Waals surface area contributed by atoms with Crippen molar-refractivity contribution in [3.8, 4) is 0 Å².